The lowest BCUT2D eigenvalue weighted by Crippen LogP contribution is -2.14. The van der Waals surface area contributed by atoms with Crippen LogP contribution in [0.3, 0.4) is 0 Å². The number of aryl methyl sites for hydroxylation is 1. The first-order chi connectivity index (χ1) is 10.7. The fraction of sp³-hybridized carbons (Fsp3) is 0.250. The summed E-state index contributed by atoms with van der Waals surface area (Å²) in [5, 5.41) is 2.57. The first-order valence-electron chi connectivity index (χ1n) is 7.93. The molecule has 0 fully saturated rings. The van der Waals surface area contributed by atoms with Crippen molar-refractivity contribution < 1.29 is 4.79 Å². The quantitative estimate of drug-likeness (QED) is 0.680. The summed E-state index contributed by atoms with van der Waals surface area (Å²) < 4.78 is 2.33. The molecule has 0 spiro atoms. The van der Waals surface area contributed by atoms with E-state index in [1.54, 1.807) is 0 Å². The highest BCUT2D eigenvalue weighted by Crippen LogP contribution is 2.27. The Hall–Kier alpha value is -2.35. The summed E-state index contributed by atoms with van der Waals surface area (Å²) in [5.74, 6) is 0.306. The van der Waals surface area contributed by atoms with Gasteiger partial charge in [0.1, 0.15) is 0 Å². The fourth-order valence-electron chi connectivity index (χ4n) is 3.61. The van der Waals surface area contributed by atoms with Gasteiger partial charge in [-0.05, 0) is 42.2 Å². The van der Waals surface area contributed by atoms with Gasteiger partial charge in [0.15, 0.2) is 5.78 Å². The third-order valence-corrected chi connectivity index (χ3v) is 4.74. The van der Waals surface area contributed by atoms with Crippen LogP contribution in [0, 0.1) is 6.92 Å². The highest BCUT2D eigenvalue weighted by molar-refractivity contribution is 5.98. The number of fused-ring (bicyclic) bond motifs is 2. The van der Waals surface area contributed by atoms with Crippen LogP contribution in [0.15, 0.2) is 48.5 Å². The van der Waals surface area contributed by atoms with Crippen molar-refractivity contribution in [2.45, 2.75) is 32.7 Å². The van der Waals surface area contributed by atoms with Crippen molar-refractivity contribution in [3.8, 4) is 0 Å². The van der Waals surface area contributed by atoms with Crippen molar-refractivity contribution >= 4 is 16.6 Å². The number of nitrogens with zero attached hydrogens (tertiary/aromatic N) is 1. The van der Waals surface area contributed by atoms with Crippen LogP contribution in [0.5, 0.6) is 0 Å². The lowest BCUT2D eigenvalue weighted by Gasteiger charge is -2.17. The molecule has 0 radical (unpaired) electrons. The van der Waals surface area contributed by atoms with Crippen LogP contribution in [0.4, 0.5) is 0 Å². The van der Waals surface area contributed by atoms with Crippen molar-refractivity contribution in [3.63, 3.8) is 0 Å². The summed E-state index contributed by atoms with van der Waals surface area (Å²) >= 11 is 0. The molecular formula is C20H19NO. The van der Waals surface area contributed by atoms with Crippen LogP contribution in [0.1, 0.15) is 40.2 Å². The number of Topliss-reactive ketones (excluding diaryl/α,β-unsaturated/α-hetero) is 1. The Balaban J connectivity index is 1.82. The maximum absolute atomic E-state index is 12.1. The maximum atomic E-state index is 12.1. The molecule has 1 aliphatic carbocycles. The summed E-state index contributed by atoms with van der Waals surface area (Å²) in [5.41, 5.74) is 4.68. The zero-order valence-corrected chi connectivity index (χ0v) is 12.8. The Morgan fingerprint density at radius 2 is 1.86 bits per heavy atom. The smallest absolute Gasteiger partial charge is 0.164 e. The van der Waals surface area contributed by atoms with E-state index < -0.39 is 0 Å². The van der Waals surface area contributed by atoms with E-state index in [0.29, 0.717) is 12.2 Å². The third kappa shape index (κ3) is 2.07. The van der Waals surface area contributed by atoms with Crippen LogP contribution in [0.2, 0.25) is 0 Å². The lowest BCUT2D eigenvalue weighted by atomic mass is 9.96. The minimum absolute atomic E-state index is 0.306. The highest BCUT2D eigenvalue weighted by atomic mass is 16.1. The van der Waals surface area contributed by atoms with Crippen molar-refractivity contribution in [1.82, 2.24) is 4.57 Å². The van der Waals surface area contributed by atoms with E-state index in [0.717, 1.165) is 24.9 Å². The maximum Gasteiger partial charge on any atom is 0.164 e. The number of carbonyl (C=O) groups is 1. The molecule has 4 rings (SSSR count). The Kier molecular flexibility index (Phi) is 3.11. The normalized spacial score (nSPS) is 14.3. The Morgan fingerprint density at radius 3 is 2.77 bits per heavy atom. The lowest BCUT2D eigenvalue weighted by molar-refractivity contribution is 0.0972. The average molecular weight is 289 g/mol. The summed E-state index contributed by atoms with van der Waals surface area (Å²) in [7, 11) is 0. The van der Waals surface area contributed by atoms with Gasteiger partial charge in [-0.25, -0.2) is 0 Å². The van der Waals surface area contributed by atoms with E-state index in [9.17, 15) is 4.79 Å². The second-order valence-corrected chi connectivity index (χ2v) is 6.15. The molecule has 2 nitrogen and oxygen atoms in total. The van der Waals surface area contributed by atoms with Crippen LogP contribution >= 0.6 is 0 Å². The van der Waals surface area contributed by atoms with Gasteiger partial charge in [0, 0.05) is 29.9 Å². The molecule has 3 aromatic rings. The fourth-order valence-corrected chi connectivity index (χ4v) is 3.61. The largest absolute Gasteiger partial charge is 0.344 e. The molecule has 110 valence electrons. The van der Waals surface area contributed by atoms with Gasteiger partial charge in [-0.2, -0.15) is 0 Å². The van der Waals surface area contributed by atoms with E-state index in [-0.39, 0.29) is 0 Å². The van der Waals surface area contributed by atoms with Gasteiger partial charge in [0.2, 0.25) is 0 Å². The number of carbonyl (C=O) groups excluding carboxylic acids is 1. The van der Waals surface area contributed by atoms with Gasteiger partial charge in [-0.3, -0.25) is 4.79 Å². The molecule has 1 heterocycles. The van der Waals surface area contributed by atoms with Gasteiger partial charge in [-0.15, -0.1) is 0 Å². The summed E-state index contributed by atoms with van der Waals surface area (Å²) in [6, 6.07) is 17.0. The zero-order chi connectivity index (χ0) is 15.1. The molecule has 1 aromatic heterocycles. The first-order valence-corrected chi connectivity index (χ1v) is 7.93. The highest BCUT2D eigenvalue weighted by Gasteiger charge is 2.22. The summed E-state index contributed by atoms with van der Waals surface area (Å²) in [6.45, 7) is 2.95. The standard InChI is InChI=1S/C20H19NO/c1-14-12-18-19(10-5-11-20(18)22)21(14)13-16-8-4-7-15-6-2-3-9-17(15)16/h2-4,6-9,12H,5,10-11,13H2,1H3. The van der Waals surface area contributed by atoms with E-state index in [4.69, 9.17) is 0 Å². The van der Waals surface area contributed by atoms with Crippen molar-refractivity contribution in [2.75, 3.05) is 0 Å². The van der Waals surface area contributed by atoms with E-state index >= 15 is 0 Å². The molecule has 2 aromatic carbocycles. The van der Waals surface area contributed by atoms with Crippen molar-refractivity contribution in [3.05, 3.63) is 71.0 Å². The second kappa shape index (κ2) is 5.13. The predicted octanol–water partition coefficient (Wildman–Crippen LogP) is 4.52. The van der Waals surface area contributed by atoms with Gasteiger partial charge in [0.05, 0.1) is 0 Å². The number of ketones is 1. The first kappa shape index (κ1) is 13.3. The number of aromatic nitrogens is 1. The number of rotatable bonds is 2. The summed E-state index contributed by atoms with van der Waals surface area (Å²) in [6.07, 6.45) is 2.69. The molecular weight excluding hydrogens is 270 g/mol. The zero-order valence-electron chi connectivity index (χ0n) is 12.8. The Morgan fingerprint density at radius 1 is 1.05 bits per heavy atom. The second-order valence-electron chi connectivity index (χ2n) is 6.15. The van der Waals surface area contributed by atoms with Crippen LogP contribution in [-0.2, 0) is 13.0 Å². The minimum Gasteiger partial charge on any atom is -0.344 e. The summed E-state index contributed by atoms with van der Waals surface area (Å²) in [4.78, 5) is 12.1. The molecule has 0 unspecified atom stereocenters. The van der Waals surface area contributed by atoms with Gasteiger partial charge >= 0.3 is 0 Å². The van der Waals surface area contributed by atoms with E-state index in [1.165, 1.54) is 27.7 Å². The molecule has 0 saturated heterocycles. The monoisotopic (exact) mass is 289 g/mol. The number of benzene rings is 2. The topological polar surface area (TPSA) is 22.0 Å². The van der Waals surface area contributed by atoms with Crippen molar-refractivity contribution in [2.24, 2.45) is 0 Å². The third-order valence-electron chi connectivity index (χ3n) is 4.74. The molecule has 0 atom stereocenters. The van der Waals surface area contributed by atoms with Crippen LogP contribution in [-0.4, -0.2) is 10.4 Å². The number of hydrogen-bond donors (Lipinski definition) is 0. The Bertz CT molecular complexity index is 867. The van der Waals surface area contributed by atoms with E-state index in [1.807, 2.05) is 0 Å². The minimum atomic E-state index is 0.306. The molecule has 1 aliphatic rings. The molecule has 0 N–H and O–H groups in total. The molecule has 22 heavy (non-hydrogen) atoms. The van der Waals surface area contributed by atoms with Crippen LogP contribution < -0.4 is 0 Å². The number of hydrogen-bond acceptors (Lipinski definition) is 1. The SMILES string of the molecule is Cc1cc2c(n1Cc1cccc3ccccc13)CCCC2=O. The molecule has 0 bridgehead atoms. The molecule has 0 amide bonds. The van der Waals surface area contributed by atoms with Gasteiger partial charge in [-0.1, -0.05) is 42.5 Å². The molecule has 0 aliphatic heterocycles. The van der Waals surface area contributed by atoms with Gasteiger partial charge in [0.25, 0.3) is 0 Å². The molecule has 2 heteroatoms. The van der Waals surface area contributed by atoms with Gasteiger partial charge < -0.3 is 4.57 Å². The Labute approximate surface area is 130 Å². The average Bonchev–Trinajstić information content (AvgIpc) is 2.86. The molecule has 0 saturated carbocycles. The van der Waals surface area contributed by atoms with Crippen molar-refractivity contribution in [1.29, 1.82) is 0 Å². The van der Waals surface area contributed by atoms with Crippen LogP contribution in [0.25, 0.3) is 10.8 Å². The van der Waals surface area contributed by atoms with E-state index in [2.05, 4.69) is 60.0 Å². The predicted molar refractivity (Wildman–Crippen MR) is 89.5 cm³/mol.